The van der Waals surface area contributed by atoms with Crippen molar-refractivity contribution < 1.29 is 32.6 Å². The Balaban J connectivity index is 1.75. The van der Waals surface area contributed by atoms with Crippen LogP contribution in [0.1, 0.15) is 44.2 Å². The van der Waals surface area contributed by atoms with E-state index >= 15 is 0 Å². The van der Waals surface area contributed by atoms with Gasteiger partial charge in [-0.2, -0.15) is 13.2 Å². The summed E-state index contributed by atoms with van der Waals surface area (Å²) in [6.45, 7) is 1.43. The average molecular weight is 460 g/mol. The molecule has 164 valence electrons. The number of carbonyl (C=O) groups excluding carboxylic acids is 1. The lowest BCUT2D eigenvalue weighted by atomic mass is 10.0. The molecule has 4 aromatic rings. The maximum absolute atomic E-state index is 13.4. The summed E-state index contributed by atoms with van der Waals surface area (Å²) >= 11 is 0.888. The largest absolute Gasteiger partial charge is 0.484 e. The molecule has 0 saturated carbocycles. The molecular formula is C22H15F3N2O4S. The number of hydrogen-bond donors (Lipinski definition) is 1. The van der Waals surface area contributed by atoms with Gasteiger partial charge in [0.05, 0.1) is 16.6 Å². The third-order valence-corrected chi connectivity index (χ3v) is 5.94. The molecule has 0 spiro atoms. The van der Waals surface area contributed by atoms with Crippen LogP contribution in [0.2, 0.25) is 0 Å². The van der Waals surface area contributed by atoms with Crippen LogP contribution >= 0.6 is 11.3 Å². The number of carbonyl (C=O) groups is 2. The van der Waals surface area contributed by atoms with Gasteiger partial charge in [0.15, 0.2) is 4.88 Å². The topological polar surface area (TPSA) is 81.4 Å². The predicted octanol–water partition coefficient (Wildman–Crippen LogP) is 5.76. The van der Waals surface area contributed by atoms with Gasteiger partial charge in [-0.05, 0) is 31.2 Å². The van der Waals surface area contributed by atoms with E-state index in [1.165, 1.54) is 37.5 Å². The Hall–Kier alpha value is -3.66. The van der Waals surface area contributed by atoms with Crippen molar-refractivity contribution in [2.45, 2.75) is 19.2 Å². The highest BCUT2D eigenvalue weighted by atomic mass is 32.1. The molecule has 2 heterocycles. The SMILES string of the molecule is C[C@@H](Oc1cc(-n2cnc3ccc(C=O)cc32)sc1C(=O)O)c1ccccc1C(F)(F)F. The molecule has 1 atom stereocenters. The summed E-state index contributed by atoms with van der Waals surface area (Å²) in [5.74, 6) is -1.33. The number of ether oxygens (including phenoxy) is 1. The number of aromatic carboxylic acids is 1. The van der Waals surface area contributed by atoms with Crippen LogP contribution in [0.25, 0.3) is 16.0 Å². The highest BCUT2D eigenvalue weighted by Gasteiger charge is 2.35. The number of aldehydes is 1. The molecule has 0 aliphatic rings. The summed E-state index contributed by atoms with van der Waals surface area (Å²) in [5.41, 5.74) is 0.642. The van der Waals surface area contributed by atoms with Crippen LogP contribution in [0.15, 0.2) is 54.9 Å². The number of imidazole rings is 1. The fraction of sp³-hybridized carbons (Fsp3) is 0.136. The van der Waals surface area contributed by atoms with Gasteiger partial charge in [-0.3, -0.25) is 9.36 Å². The lowest BCUT2D eigenvalue weighted by Crippen LogP contribution is -2.14. The van der Waals surface area contributed by atoms with E-state index in [0.717, 1.165) is 17.4 Å². The minimum atomic E-state index is -4.57. The van der Waals surface area contributed by atoms with Gasteiger partial charge in [-0.1, -0.05) is 18.2 Å². The predicted molar refractivity (Wildman–Crippen MR) is 112 cm³/mol. The molecule has 0 unspecified atom stereocenters. The zero-order chi connectivity index (χ0) is 23.0. The monoisotopic (exact) mass is 460 g/mol. The Bertz CT molecular complexity index is 1330. The first kappa shape index (κ1) is 21.6. The smallest absolute Gasteiger partial charge is 0.416 e. The van der Waals surface area contributed by atoms with Crippen molar-refractivity contribution in [1.29, 1.82) is 0 Å². The molecule has 0 amide bonds. The number of nitrogens with zero attached hydrogens (tertiary/aromatic N) is 2. The number of halogens is 3. The van der Waals surface area contributed by atoms with E-state index in [0.29, 0.717) is 27.9 Å². The minimum Gasteiger partial charge on any atom is -0.484 e. The first-order valence-electron chi connectivity index (χ1n) is 9.31. The summed E-state index contributed by atoms with van der Waals surface area (Å²) < 4.78 is 47.4. The molecule has 0 saturated heterocycles. The van der Waals surface area contributed by atoms with Crippen LogP contribution in [0.4, 0.5) is 13.2 Å². The maximum Gasteiger partial charge on any atom is 0.416 e. The lowest BCUT2D eigenvalue weighted by Gasteiger charge is -2.19. The molecule has 0 fully saturated rings. The van der Waals surface area contributed by atoms with Gasteiger partial charge in [0, 0.05) is 17.2 Å². The second-order valence-corrected chi connectivity index (χ2v) is 7.94. The highest BCUT2D eigenvalue weighted by Crippen LogP contribution is 2.39. The molecule has 1 N–H and O–H groups in total. The van der Waals surface area contributed by atoms with Gasteiger partial charge >= 0.3 is 12.1 Å². The van der Waals surface area contributed by atoms with Gasteiger partial charge in [0.25, 0.3) is 0 Å². The van der Waals surface area contributed by atoms with E-state index < -0.39 is 23.8 Å². The highest BCUT2D eigenvalue weighted by molar-refractivity contribution is 7.16. The Morgan fingerprint density at radius 3 is 2.66 bits per heavy atom. The van der Waals surface area contributed by atoms with Crippen LogP contribution in [-0.2, 0) is 6.18 Å². The number of rotatable bonds is 6. The van der Waals surface area contributed by atoms with Gasteiger partial charge in [-0.25, -0.2) is 9.78 Å². The van der Waals surface area contributed by atoms with Crippen molar-refractivity contribution in [1.82, 2.24) is 9.55 Å². The second kappa shape index (κ2) is 8.12. The quantitative estimate of drug-likeness (QED) is 0.370. The van der Waals surface area contributed by atoms with Crippen molar-refractivity contribution in [3.63, 3.8) is 0 Å². The van der Waals surface area contributed by atoms with E-state index in [1.54, 1.807) is 22.8 Å². The molecule has 4 rings (SSSR count). The zero-order valence-corrected chi connectivity index (χ0v) is 17.3. The van der Waals surface area contributed by atoms with E-state index in [-0.39, 0.29) is 16.2 Å². The third kappa shape index (κ3) is 3.96. The van der Waals surface area contributed by atoms with Crippen molar-refractivity contribution in [3.05, 3.63) is 76.4 Å². The molecule has 0 aliphatic carbocycles. The number of alkyl halides is 3. The first-order chi connectivity index (χ1) is 15.2. The normalized spacial score (nSPS) is 12.6. The first-order valence-corrected chi connectivity index (χ1v) is 10.1. The van der Waals surface area contributed by atoms with Crippen LogP contribution in [0.3, 0.4) is 0 Å². The number of hydrogen-bond acceptors (Lipinski definition) is 5. The molecule has 2 aromatic heterocycles. The lowest BCUT2D eigenvalue weighted by molar-refractivity contribution is -0.139. The molecule has 2 aromatic carbocycles. The molecule has 0 radical (unpaired) electrons. The van der Waals surface area contributed by atoms with E-state index in [9.17, 15) is 27.9 Å². The number of carboxylic acid groups (broad SMARTS) is 1. The van der Waals surface area contributed by atoms with Gasteiger partial charge in [-0.15, -0.1) is 11.3 Å². The summed E-state index contributed by atoms with van der Waals surface area (Å²) in [6.07, 6.45) is -3.48. The second-order valence-electron chi connectivity index (χ2n) is 6.91. The minimum absolute atomic E-state index is 0.0598. The van der Waals surface area contributed by atoms with Crippen LogP contribution in [0.5, 0.6) is 5.75 Å². The van der Waals surface area contributed by atoms with E-state index in [1.807, 2.05) is 0 Å². The molecule has 6 nitrogen and oxygen atoms in total. The number of carboxylic acids is 1. The van der Waals surface area contributed by atoms with Gasteiger partial charge in [0.1, 0.15) is 29.5 Å². The van der Waals surface area contributed by atoms with Gasteiger partial charge < -0.3 is 9.84 Å². The summed E-state index contributed by atoms with van der Waals surface area (Å²) in [6, 6.07) is 11.3. The molecule has 0 aliphatic heterocycles. The van der Waals surface area contributed by atoms with Crippen molar-refractivity contribution in [2.24, 2.45) is 0 Å². The Kier molecular flexibility index (Phi) is 5.47. The Morgan fingerprint density at radius 2 is 1.97 bits per heavy atom. The molecular weight excluding hydrogens is 445 g/mol. The van der Waals surface area contributed by atoms with Crippen LogP contribution < -0.4 is 4.74 Å². The fourth-order valence-corrected chi connectivity index (χ4v) is 4.27. The fourth-order valence-electron chi connectivity index (χ4n) is 3.35. The summed E-state index contributed by atoms with van der Waals surface area (Å²) in [5, 5.41) is 10.0. The number of benzene rings is 2. The molecule has 10 heteroatoms. The summed E-state index contributed by atoms with van der Waals surface area (Å²) in [4.78, 5) is 27.0. The Labute approximate surface area is 183 Å². The number of aromatic nitrogens is 2. The van der Waals surface area contributed by atoms with E-state index in [2.05, 4.69) is 4.98 Å². The zero-order valence-electron chi connectivity index (χ0n) is 16.5. The van der Waals surface area contributed by atoms with Crippen molar-refractivity contribution >= 4 is 34.6 Å². The van der Waals surface area contributed by atoms with Crippen LogP contribution in [-0.4, -0.2) is 26.9 Å². The molecule has 32 heavy (non-hydrogen) atoms. The third-order valence-electron chi connectivity index (χ3n) is 4.83. The standard InChI is InChI=1S/C22H15F3N2O4S/c1-12(14-4-2-3-5-15(14)22(23,24)25)31-18-9-19(32-20(18)21(29)30)27-11-26-16-7-6-13(10-28)8-17(16)27/h2-12H,1H3,(H,29,30)/t12-/m1/s1. The Morgan fingerprint density at radius 1 is 1.22 bits per heavy atom. The number of thiophene rings is 1. The van der Waals surface area contributed by atoms with Crippen molar-refractivity contribution in [2.75, 3.05) is 0 Å². The number of fused-ring (bicyclic) bond motifs is 1. The summed E-state index contributed by atoms with van der Waals surface area (Å²) in [7, 11) is 0. The van der Waals surface area contributed by atoms with Gasteiger partial charge in [0.2, 0.25) is 0 Å². The average Bonchev–Trinajstić information content (AvgIpc) is 3.36. The molecule has 0 bridgehead atoms. The van der Waals surface area contributed by atoms with E-state index in [4.69, 9.17) is 4.74 Å². The van der Waals surface area contributed by atoms with Crippen LogP contribution in [0, 0.1) is 0 Å². The maximum atomic E-state index is 13.4. The van der Waals surface area contributed by atoms with Crippen molar-refractivity contribution in [3.8, 4) is 10.8 Å².